The lowest BCUT2D eigenvalue weighted by molar-refractivity contribution is -0.116. The minimum atomic E-state index is -0.353. The maximum Gasteiger partial charge on any atom is 0.240 e. The van der Waals surface area contributed by atoms with Crippen LogP contribution in [0.3, 0.4) is 0 Å². The van der Waals surface area contributed by atoms with Gasteiger partial charge in [-0.05, 0) is 55.0 Å². The zero-order valence-electron chi connectivity index (χ0n) is 15.5. The number of hydrogen-bond acceptors (Lipinski definition) is 4. The molecule has 0 fully saturated rings. The van der Waals surface area contributed by atoms with Crippen LogP contribution in [0.15, 0.2) is 65.7 Å². The third-order valence-corrected chi connectivity index (χ3v) is 6.22. The van der Waals surface area contributed by atoms with Crippen molar-refractivity contribution in [3.8, 4) is 5.75 Å². The molecule has 144 valence electrons. The van der Waals surface area contributed by atoms with Crippen LogP contribution in [0.2, 0.25) is 5.02 Å². The maximum atomic E-state index is 13.2. The Hall–Kier alpha value is -2.57. The first-order valence-electron chi connectivity index (χ1n) is 8.87. The number of fused-ring (bicyclic) bond motifs is 1. The number of nitrogens with one attached hydrogen (secondary N) is 2. The Morgan fingerprint density at radius 3 is 2.68 bits per heavy atom. The van der Waals surface area contributed by atoms with Gasteiger partial charge in [-0.15, -0.1) is 0 Å². The fraction of sp³-hybridized carbons (Fsp3) is 0.190. The number of benzene rings is 2. The van der Waals surface area contributed by atoms with Crippen molar-refractivity contribution in [3.05, 3.63) is 76.9 Å². The molecule has 0 bridgehead atoms. The summed E-state index contributed by atoms with van der Waals surface area (Å²) in [4.78, 5) is 13.2. The molecule has 1 amide bonds. The van der Waals surface area contributed by atoms with Crippen molar-refractivity contribution in [1.82, 2.24) is 4.68 Å². The molecule has 1 aliphatic heterocycles. The second kappa shape index (κ2) is 7.81. The van der Waals surface area contributed by atoms with E-state index in [9.17, 15) is 4.79 Å². The molecule has 2 unspecified atom stereocenters. The van der Waals surface area contributed by atoms with Gasteiger partial charge in [0.2, 0.25) is 5.91 Å². The summed E-state index contributed by atoms with van der Waals surface area (Å²) in [5.41, 5.74) is 6.28. The van der Waals surface area contributed by atoms with E-state index < -0.39 is 0 Å². The Labute approximate surface area is 173 Å². The number of anilines is 1. The number of nitrogens with zero attached hydrogens (tertiary/aromatic N) is 1. The van der Waals surface area contributed by atoms with Gasteiger partial charge in [0.1, 0.15) is 11.0 Å². The molecule has 2 N–H and O–H groups in total. The number of ether oxygens (including phenoxy) is 1. The molecule has 0 saturated carbocycles. The fourth-order valence-electron chi connectivity index (χ4n) is 3.22. The van der Waals surface area contributed by atoms with Gasteiger partial charge in [0.15, 0.2) is 0 Å². The number of methoxy groups -OCH3 is 1. The van der Waals surface area contributed by atoms with Gasteiger partial charge in [-0.2, -0.15) is 0 Å². The molecule has 2 aromatic carbocycles. The number of hydrogen-bond donors (Lipinski definition) is 2. The molecule has 0 spiro atoms. The van der Waals surface area contributed by atoms with E-state index in [1.165, 1.54) is 0 Å². The third-order valence-electron chi connectivity index (χ3n) is 4.68. The smallest absolute Gasteiger partial charge is 0.240 e. The van der Waals surface area contributed by atoms with Crippen LogP contribution < -0.4 is 15.5 Å². The van der Waals surface area contributed by atoms with E-state index in [-0.39, 0.29) is 17.2 Å². The number of halogens is 1. The van der Waals surface area contributed by atoms with Crippen LogP contribution in [-0.4, -0.2) is 22.9 Å². The summed E-state index contributed by atoms with van der Waals surface area (Å²) in [7, 11) is 1.64. The summed E-state index contributed by atoms with van der Waals surface area (Å²) in [5.74, 6) is 0.704. The van der Waals surface area contributed by atoms with Crippen molar-refractivity contribution in [3.63, 3.8) is 0 Å². The number of thioether (sulfide) groups is 1. The molecule has 5 nitrogen and oxygen atoms in total. The monoisotopic (exact) mass is 413 g/mol. The standard InChI is InChI=1S/C21H20ClN3O2S/c1-13-6-11-18-25(13)24-19(14-7-9-17(27-2)10-8-14)20(28-18)21(26)23-16-5-3-4-15(22)12-16/h3-12,19-20,24H,1-2H3,(H,23,26). The summed E-state index contributed by atoms with van der Waals surface area (Å²) in [6.07, 6.45) is 0. The lowest BCUT2D eigenvalue weighted by atomic mass is 10.0. The number of rotatable bonds is 4. The van der Waals surface area contributed by atoms with Crippen LogP contribution in [-0.2, 0) is 4.79 Å². The van der Waals surface area contributed by atoms with Crippen molar-refractivity contribution in [2.45, 2.75) is 23.2 Å². The summed E-state index contributed by atoms with van der Waals surface area (Å²) in [5, 5.41) is 4.24. The lowest BCUT2D eigenvalue weighted by Gasteiger charge is -2.34. The van der Waals surface area contributed by atoms with E-state index in [2.05, 4.69) is 10.7 Å². The van der Waals surface area contributed by atoms with E-state index in [0.29, 0.717) is 10.7 Å². The van der Waals surface area contributed by atoms with Gasteiger partial charge in [-0.25, -0.2) is 0 Å². The predicted molar refractivity (Wildman–Crippen MR) is 114 cm³/mol. The van der Waals surface area contributed by atoms with Crippen LogP contribution in [0.1, 0.15) is 17.3 Å². The minimum absolute atomic E-state index is 0.0781. The average Bonchev–Trinajstić information content (AvgIpc) is 3.07. The Balaban J connectivity index is 1.65. The molecular weight excluding hydrogens is 394 g/mol. The van der Waals surface area contributed by atoms with Crippen LogP contribution >= 0.6 is 23.4 Å². The summed E-state index contributed by atoms with van der Waals surface area (Å²) < 4.78 is 7.29. The zero-order valence-corrected chi connectivity index (χ0v) is 17.1. The first kappa shape index (κ1) is 18.8. The van der Waals surface area contributed by atoms with Gasteiger partial charge in [0, 0.05) is 16.4 Å². The topological polar surface area (TPSA) is 55.3 Å². The predicted octanol–water partition coefficient (Wildman–Crippen LogP) is 4.86. The van der Waals surface area contributed by atoms with Crippen molar-refractivity contribution in [2.75, 3.05) is 17.9 Å². The SMILES string of the molecule is COc1ccc(C2Nn3c(C)ccc3SC2C(=O)Nc2cccc(Cl)c2)cc1. The van der Waals surface area contributed by atoms with Gasteiger partial charge in [-0.3, -0.25) is 9.47 Å². The Morgan fingerprint density at radius 2 is 1.96 bits per heavy atom. The molecule has 2 atom stereocenters. The minimum Gasteiger partial charge on any atom is -0.497 e. The number of carbonyl (C=O) groups excluding carboxylic acids is 1. The molecule has 0 radical (unpaired) electrons. The largest absolute Gasteiger partial charge is 0.497 e. The maximum absolute atomic E-state index is 13.2. The van der Waals surface area contributed by atoms with Crippen LogP contribution in [0.25, 0.3) is 0 Å². The van der Waals surface area contributed by atoms with Crippen molar-refractivity contribution >= 4 is 35.0 Å². The number of carbonyl (C=O) groups is 1. The second-order valence-electron chi connectivity index (χ2n) is 6.57. The molecular formula is C21H20ClN3O2S. The zero-order chi connectivity index (χ0) is 19.7. The highest BCUT2D eigenvalue weighted by molar-refractivity contribution is 8.00. The molecule has 0 aliphatic carbocycles. The van der Waals surface area contributed by atoms with Gasteiger partial charge >= 0.3 is 0 Å². The van der Waals surface area contributed by atoms with Crippen molar-refractivity contribution in [2.24, 2.45) is 0 Å². The fourth-order valence-corrected chi connectivity index (χ4v) is 4.64. The van der Waals surface area contributed by atoms with Gasteiger partial charge in [0.25, 0.3) is 0 Å². The molecule has 3 aromatic rings. The first-order chi connectivity index (χ1) is 13.5. The summed E-state index contributed by atoms with van der Waals surface area (Å²) >= 11 is 7.60. The van der Waals surface area contributed by atoms with E-state index in [1.54, 1.807) is 31.0 Å². The van der Waals surface area contributed by atoms with E-state index in [1.807, 2.05) is 60.1 Å². The Morgan fingerprint density at radius 1 is 1.18 bits per heavy atom. The van der Waals surface area contributed by atoms with Gasteiger partial charge in [0.05, 0.1) is 18.2 Å². The number of aromatic nitrogens is 1. The van der Waals surface area contributed by atoms with Crippen LogP contribution in [0, 0.1) is 6.92 Å². The molecule has 7 heteroatoms. The highest BCUT2D eigenvalue weighted by Gasteiger charge is 2.36. The molecule has 1 aliphatic rings. The quantitative estimate of drug-likeness (QED) is 0.641. The first-order valence-corrected chi connectivity index (χ1v) is 10.1. The second-order valence-corrected chi connectivity index (χ2v) is 8.16. The van der Waals surface area contributed by atoms with Crippen LogP contribution in [0.5, 0.6) is 5.75 Å². The molecule has 2 heterocycles. The molecule has 0 saturated heterocycles. The number of amides is 1. The lowest BCUT2D eigenvalue weighted by Crippen LogP contribution is -2.41. The highest BCUT2D eigenvalue weighted by Crippen LogP contribution is 2.39. The summed E-state index contributed by atoms with van der Waals surface area (Å²) in [6, 6.07) is 18.8. The van der Waals surface area contributed by atoms with Gasteiger partial charge < -0.3 is 15.5 Å². The van der Waals surface area contributed by atoms with E-state index in [4.69, 9.17) is 16.3 Å². The van der Waals surface area contributed by atoms with E-state index in [0.717, 1.165) is 22.0 Å². The normalized spacial score (nSPS) is 18.1. The van der Waals surface area contributed by atoms with Crippen molar-refractivity contribution < 1.29 is 9.53 Å². The highest BCUT2D eigenvalue weighted by atomic mass is 35.5. The molecule has 4 rings (SSSR count). The molecule has 28 heavy (non-hydrogen) atoms. The number of aryl methyl sites for hydroxylation is 1. The van der Waals surface area contributed by atoms with Crippen molar-refractivity contribution in [1.29, 1.82) is 0 Å². The van der Waals surface area contributed by atoms with E-state index >= 15 is 0 Å². The third kappa shape index (κ3) is 3.70. The molecule has 1 aromatic heterocycles. The Bertz CT molecular complexity index is 1000. The average molecular weight is 414 g/mol. The Kier molecular flexibility index (Phi) is 5.24. The summed E-state index contributed by atoms with van der Waals surface area (Å²) in [6.45, 7) is 2.04. The van der Waals surface area contributed by atoms with Crippen LogP contribution in [0.4, 0.5) is 5.69 Å². The van der Waals surface area contributed by atoms with Gasteiger partial charge in [-0.1, -0.05) is 41.6 Å².